The minimum absolute atomic E-state index is 0.436. The Morgan fingerprint density at radius 3 is 2.75 bits per heavy atom. The van der Waals surface area contributed by atoms with Gasteiger partial charge in [-0.15, -0.1) is 0 Å². The third-order valence-electron chi connectivity index (χ3n) is 4.76. The zero-order valence-electron chi connectivity index (χ0n) is 14.4. The highest BCUT2D eigenvalue weighted by molar-refractivity contribution is 4.94. The van der Waals surface area contributed by atoms with E-state index in [2.05, 4.69) is 38.0 Å². The van der Waals surface area contributed by atoms with E-state index >= 15 is 0 Å². The number of rotatable bonds is 9. The molecule has 0 aromatic carbocycles. The first-order valence-electron chi connectivity index (χ1n) is 8.42. The SMILES string of the molecule is CCCNC1C(CN(C)CCCOC)CCCC1(C)C. The number of hydrogen-bond donors (Lipinski definition) is 1. The van der Waals surface area contributed by atoms with Crippen molar-refractivity contribution >= 4 is 0 Å². The summed E-state index contributed by atoms with van der Waals surface area (Å²) in [6.07, 6.45) is 6.48. The van der Waals surface area contributed by atoms with E-state index in [0.29, 0.717) is 11.5 Å². The quantitative estimate of drug-likeness (QED) is 0.658. The molecule has 3 heteroatoms. The van der Waals surface area contributed by atoms with Crippen LogP contribution in [-0.4, -0.2) is 51.3 Å². The minimum atomic E-state index is 0.436. The second-order valence-electron chi connectivity index (χ2n) is 7.18. The molecule has 1 fully saturated rings. The maximum atomic E-state index is 5.15. The molecule has 2 unspecified atom stereocenters. The van der Waals surface area contributed by atoms with E-state index in [4.69, 9.17) is 4.74 Å². The van der Waals surface area contributed by atoms with Gasteiger partial charge < -0.3 is 15.0 Å². The van der Waals surface area contributed by atoms with Crippen LogP contribution >= 0.6 is 0 Å². The van der Waals surface area contributed by atoms with Crippen LogP contribution in [0.25, 0.3) is 0 Å². The standard InChI is InChI=1S/C17H36N2O/c1-6-11-18-16-15(9-7-10-17(16,2)3)14-19(4)12-8-13-20-5/h15-16,18H,6-14H2,1-5H3. The summed E-state index contributed by atoms with van der Waals surface area (Å²) in [6.45, 7) is 11.5. The first kappa shape index (κ1) is 17.9. The molecule has 0 saturated heterocycles. The van der Waals surface area contributed by atoms with Gasteiger partial charge in [0.15, 0.2) is 0 Å². The molecule has 0 radical (unpaired) electrons. The predicted molar refractivity (Wildman–Crippen MR) is 87.2 cm³/mol. The summed E-state index contributed by atoms with van der Waals surface area (Å²) in [5.41, 5.74) is 0.436. The van der Waals surface area contributed by atoms with Gasteiger partial charge in [-0.1, -0.05) is 27.2 Å². The molecule has 0 amide bonds. The Kier molecular flexibility index (Phi) is 8.08. The average molecular weight is 284 g/mol. The number of methoxy groups -OCH3 is 1. The van der Waals surface area contributed by atoms with Crippen LogP contribution in [0.15, 0.2) is 0 Å². The lowest BCUT2D eigenvalue weighted by Crippen LogP contribution is -2.52. The molecular weight excluding hydrogens is 248 g/mol. The fraction of sp³-hybridized carbons (Fsp3) is 1.00. The van der Waals surface area contributed by atoms with Crippen LogP contribution in [0.5, 0.6) is 0 Å². The molecular formula is C17H36N2O. The summed E-state index contributed by atoms with van der Waals surface area (Å²) in [4.78, 5) is 2.49. The molecule has 1 aliphatic carbocycles. The molecule has 1 saturated carbocycles. The monoisotopic (exact) mass is 284 g/mol. The topological polar surface area (TPSA) is 24.5 Å². The van der Waals surface area contributed by atoms with E-state index in [-0.39, 0.29) is 0 Å². The Morgan fingerprint density at radius 1 is 1.35 bits per heavy atom. The zero-order valence-corrected chi connectivity index (χ0v) is 14.4. The molecule has 3 nitrogen and oxygen atoms in total. The zero-order chi connectivity index (χ0) is 15.0. The van der Waals surface area contributed by atoms with Crippen molar-refractivity contribution < 1.29 is 4.74 Å². The molecule has 1 rings (SSSR count). The van der Waals surface area contributed by atoms with E-state index in [1.165, 1.54) is 32.2 Å². The Labute approximate surface area is 126 Å². The van der Waals surface area contributed by atoms with Crippen molar-refractivity contribution in [3.05, 3.63) is 0 Å². The van der Waals surface area contributed by atoms with Crippen molar-refractivity contribution in [3.8, 4) is 0 Å². The second kappa shape index (κ2) is 9.01. The molecule has 1 N–H and O–H groups in total. The van der Waals surface area contributed by atoms with Crippen molar-refractivity contribution in [1.29, 1.82) is 0 Å². The maximum absolute atomic E-state index is 5.15. The van der Waals surface area contributed by atoms with Crippen LogP contribution < -0.4 is 5.32 Å². The molecule has 20 heavy (non-hydrogen) atoms. The molecule has 0 heterocycles. The fourth-order valence-corrected chi connectivity index (χ4v) is 3.69. The van der Waals surface area contributed by atoms with Gasteiger partial charge in [-0.3, -0.25) is 0 Å². The normalized spacial score (nSPS) is 26.1. The molecule has 0 aromatic rings. The molecule has 0 bridgehead atoms. The third kappa shape index (κ3) is 5.71. The number of ether oxygens (including phenoxy) is 1. The smallest absolute Gasteiger partial charge is 0.0474 e. The van der Waals surface area contributed by atoms with Crippen LogP contribution in [0.2, 0.25) is 0 Å². The lowest BCUT2D eigenvalue weighted by molar-refractivity contribution is 0.0825. The molecule has 0 aromatic heterocycles. The van der Waals surface area contributed by atoms with Crippen molar-refractivity contribution in [3.63, 3.8) is 0 Å². The van der Waals surface area contributed by atoms with Crippen LogP contribution in [-0.2, 0) is 4.74 Å². The highest BCUT2D eigenvalue weighted by Gasteiger charge is 2.38. The average Bonchev–Trinajstić information content (AvgIpc) is 2.37. The van der Waals surface area contributed by atoms with Gasteiger partial charge >= 0.3 is 0 Å². The summed E-state index contributed by atoms with van der Waals surface area (Å²) in [5, 5.41) is 3.83. The lowest BCUT2D eigenvalue weighted by Gasteiger charge is -2.46. The van der Waals surface area contributed by atoms with Crippen molar-refractivity contribution in [2.24, 2.45) is 11.3 Å². The molecule has 2 atom stereocenters. The van der Waals surface area contributed by atoms with E-state index in [0.717, 1.165) is 32.0 Å². The Hall–Kier alpha value is -0.120. The summed E-state index contributed by atoms with van der Waals surface area (Å²) < 4.78 is 5.15. The second-order valence-corrected chi connectivity index (χ2v) is 7.18. The maximum Gasteiger partial charge on any atom is 0.0474 e. The molecule has 0 aliphatic heterocycles. The van der Waals surface area contributed by atoms with Gasteiger partial charge in [0, 0.05) is 32.8 Å². The van der Waals surface area contributed by atoms with Gasteiger partial charge in [-0.2, -0.15) is 0 Å². The van der Waals surface area contributed by atoms with Gasteiger partial charge in [0.05, 0.1) is 0 Å². The predicted octanol–water partition coefficient (Wildman–Crippen LogP) is 3.15. The van der Waals surface area contributed by atoms with E-state index in [1.54, 1.807) is 7.11 Å². The number of nitrogens with one attached hydrogen (secondary N) is 1. The lowest BCUT2D eigenvalue weighted by atomic mass is 9.67. The fourth-order valence-electron chi connectivity index (χ4n) is 3.69. The summed E-state index contributed by atoms with van der Waals surface area (Å²) in [7, 11) is 4.04. The van der Waals surface area contributed by atoms with Crippen molar-refractivity contribution in [2.75, 3.05) is 40.4 Å². The summed E-state index contributed by atoms with van der Waals surface area (Å²) in [5.74, 6) is 0.790. The van der Waals surface area contributed by atoms with E-state index in [9.17, 15) is 0 Å². The molecule has 120 valence electrons. The first-order valence-corrected chi connectivity index (χ1v) is 8.42. The Balaban J connectivity index is 2.50. The van der Waals surface area contributed by atoms with Crippen molar-refractivity contribution in [2.45, 2.75) is 58.9 Å². The van der Waals surface area contributed by atoms with Crippen molar-refractivity contribution in [1.82, 2.24) is 10.2 Å². The number of nitrogens with zero attached hydrogens (tertiary/aromatic N) is 1. The van der Waals surface area contributed by atoms with Crippen LogP contribution in [0.4, 0.5) is 0 Å². The van der Waals surface area contributed by atoms with Crippen LogP contribution in [0.3, 0.4) is 0 Å². The van der Waals surface area contributed by atoms with Crippen LogP contribution in [0.1, 0.15) is 52.9 Å². The summed E-state index contributed by atoms with van der Waals surface area (Å²) >= 11 is 0. The largest absolute Gasteiger partial charge is 0.385 e. The Bertz CT molecular complexity index is 255. The summed E-state index contributed by atoms with van der Waals surface area (Å²) in [6, 6.07) is 0.668. The molecule has 1 aliphatic rings. The molecule has 0 spiro atoms. The van der Waals surface area contributed by atoms with Gasteiger partial charge in [-0.25, -0.2) is 0 Å². The third-order valence-corrected chi connectivity index (χ3v) is 4.76. The van der Waals surface area contributed by atoms with Gasteiger partial charge in [0.1, 0.15) is 0 Å². The van der Waals surface area contributed by atoms with Gasteiger partial charge in [0.25, 0.3) is 0 Å². The first-order chi connectivity index (χ1) is 9.51. The van der Waals surface area contributed by atoms with Crippen LogP contribution in [0, 0.1) is 11.3 Å². The highest BCUT2D eigenvalue weighted by Crippen LogP contribution is 2.39. The highest BCUT2D eigenvalue weighted by atomic mass is 16.5. The number of hydrogen-bond acceptors (Lipinski definition) is 3. The van der Waals surface area contributed by atoms with Gasteiger partial charge in [0.2, 0.25) is 0 Å². The van der Waals surface area contributed by atoms with E-state index < -0.39 is 0 Å². The Morgan fingerprint density at radius 2 is 2.10 bits per heavy atom. The van der Waals surface area contributed by atoms with Gasteiger partial charge in [-0.05, 0) is 50.6 Å². The van der Waals surface area contributed by atoms with E-state index in [1.807, 2.05) is 0 Å². The minimum Gasteiger partial charge on any atom is -0.385 e.